The van der Waals surface area contributed by atoms with E-state index < -0.39 is 6.23 Å². The van der Waals surface area contributed by atoms with Crippen molar-refractivity contribution in [3.63, 3.8) is 0 Å². The van der Waals surface area contributed by atoms with Gasteiger partial charge < -0.3 is 14.6 Å². The first kappa shape index (κ1) is 19.9. The van der Waals surface area contributed by atoms with Gasteiger partial charge in [-0.1, -0.05) is 13.3 Å². The molecule has 0 heterocycles. The van der Waals surface area contributed by atoms with Crippen molar-refractivity contribution in [2.45, 2.75) is 58.1 Å². The lowest BCUT2D eigenvalue weighted by atomic mass is 10.2. The molecule has 21 heavy (non-hydrogen) atoms. The van der Waals surface area contributed by atoms with Crippen molar-refractivity contribution in [3.05, 3.63) is 0 Å². The van der Waals surface area contributed by atoms with Crippen LogP contribution in [0.2, 0.25) is 0 Å². The van der Waals surface area contributed by atoms with Gasteiger partial charge in [-0.15, -0.1) is 0 Å². The van der Waals surface area contributed by atoms with Crippen molar-refractivity contribution < 1.29 is 24.2 Å². The van der Waals surface area contributed by atoms with Crippen LogP contribution in [-0.2, 0) is 19.1 Å². The van der Waals surface area contributed by atoms with E-state index in [0.717, 1.165) is 12.8 Å². The SMILES string of the molecule is CCCCOC(=O)CCCCC(=O)OC(CCO)N(C)C. The number of rotatable bonds is 12. The van der Waals surface area contributed by atoms with Gasteiger partial charge >= 0.3 is 11.9 Å². The molecule has 0 aliphatic carbocycles. The Balaban J connectivity index is 3.71. The molecule has 0 spiro atoms. The van der Waals surface area contributed by atoms with Gasteiger partial charge in [0.15, 0.2) is 6.23 Å². The van der Waals surface area contributed by atoms with Crippen LogP contribution in [0.4, 0.5) is 0 Å². The number of ether oxygens (including phenoxy) is 2. The highest BCUT2D eigenvalue weighted by Gasteiger charge is 2.15. The van der Waals surface area contributed by atoms with Gasteiger partial charge in [-0.25, -0.2) is 0 Å². The Morgan fingerprint density at radius 1 is 1.10 bits per heavy atom. The van der Waals surface area contributed by atoms with Crippen LogP contribution in [0.5, 0.6) is 0 Å². The molecule has 124 valence electrons. The maximum Gasteiger partial charge on any atom is 0.307 e. The lowest BCUT2D eigenvalue weighted by Gasteiger charge is -2.23. The van der Waals surface area contributed by atoms with Crippen LogP contribution in [-0.4, -0.2) is 55.5 Å². The number of aliphatic hydroxyl groups excluding tert-OH is 1. The van der Waals surface area contributed by atoms with Crippen LogP contribution in [0.1, 0.15) is 51.9 Å². The zero-order valence-electron chi connectivity index (χ0n) is 13.5. The lowest BCUT2D eigenvalue weighted by Crippen LogP contribution is -2.33. The molecule has 0 bridgehead atoms. The third-order valence-electron chi connectivity index (χ3n) is 2.99. The molecule has 0 aromatic rings. The van der Waals surface area contributed by atoms with E-state index >= 15 is 0 Å². The van der Waals surface area contributed by atoms with E-state index in [0.29, 0.717) is 32.3 Å². The van der Waals surface area contributed by atoms with Crippen LogP contribution >= 0.6 is 0 Å². The van der Waals surface area contributed by atoms with Gasteiger partial charge in [-0.2, -0.15) is 0 Å². The first-order valence-electron chi connectivity index (χ1n) is 7.63. The summed E-state index contributed by atoms with van der Waals surface area (Å²) in [5.74, 6) is -0.509. The molecule has 6 heteroatoms. The number of carbonyl (C=O) groups excluding carboxylic acids is 2. The molecule has 0 rings (SSSR count). The molecular formula is C15H29NO5. The smallest absolute Gasteiger partial charge is 0.307 e. The summed E-state index contributed by atoms with van der Waals surface area (Å²) in [7, 11) is 3.58. The Morgan fingerprint density at radius 3 is 2.24 bits per heavy atom. The number of unbranched alkanes of at least 4 members (excludes halogenated alkanes) is 2. The van der Waals surface area contributed by atoms with Crippen molar-refractivity contribution >= 4 is 11.9 Å². The highest BCUT2D eigenvalue weighted by molar-refractivity contribution is 5.70. The van der Waals surface area contributed by atoms with E-state index in [9.17, 15) is 9.59 Å². The van der Waals surface area contributed by atoms with E-state index in [4.69, 9.17) is 14.6 Å². The molecule has 0 aromatic heterocycles. The van der Waals surface area contributed by atoms with Gasteiger partial charge in [0.25, 0.3) is 0 Å². The Bertz CT molecular complexity index is 294. The number of hydrogen-bond donors (Lipinski definition) is 1. The van der Waals surface area contributed by atoms with Crippen LogP contribution < -0.4 is 0 Å². The Morgan fingerprint density at radius 2 is 1.71 bits per heavy atom. The number of carbonyl (C=O) groups is 2. The first-order valence-corrected chi connectivity index (χ1v) is 7.63. The Kier molecular flexibility index (Phi) is 11.9. The van der Waals surface area contributed by atoms with Crippen molar-refractivity contribution in [3.8, 4) is 0 Å². The monoisotopic (exact) mass is 303 g/mol. The van der Waals surface area contributed by atoms with Gasteiger partial charge in [0.2, 0.25) is 0 Å². The number of aliphatic hydroxyl groups is 1. The molecule has 0 saturated heterocycles. The summed E-state index contributed by atoms with van der Waals surface area (Å²) in [4.78, 5) is 24.7. The summed E-state index contributed by atoms with van der Waals surface area (Å²) in [6, 6.07) is 0. The second-order valence-corrected chi connectivity index (χ2v) is 5.20. The third-order valence-corrected chi connectivity index (χ3v) is 2.99. The minimum atomic E-state index is -0.401. The fourth-order valence-corrected chi connectivity index (χ4v) is 1.68. The van der Waals surface area contributed by atoms with E-state index in [1.54, 1.807) is 19.0 Å². The fraction of sp³-hybridized carbons (Fsp3) is 0.867. The molecule has 1 atom stereocenters. The van der Waals surface area contributed by atoms with Crippen LogP contribution in [0.3, 0.4) is 0 Å². The highest BCUT2D eigenvalue weighted by atomic mass is 16.6. The minimum Gasteiger partial charge on any atom is -0.466 e. The average Bonchev–Trinajstić information content (AvgIpc) is 2.43. The zero-order chi connectivity index (χ0) is 16.1. The van der Waals surface area contributed by atoms with Crippen LogP contribution in [0, 0.1) is 0 Å². The molecule has 0 amide bonds. The first-order chi connectivity index (χ1) is 10.0. The van der Waals surface area contributed by atoms with Crippen molar-refractivity contribution in [1.29, 1.82) is 0 Å². The number of esters is 2. The second kappa shape index (κ2) is 12.6. The summed E-state index contributed by atoms with van der Waals surface area (Å²) in [6.07, 6.45) is 3.70. The number of nitrogens with zero attached hydrogens (tertiary/aromatic N) is 1. The molecule has 6 nitrogen and oxygen atoms in total. The average molecular weight is 303 g/mol. The largest absolute Gasteiger partial charge is 0.466 e. The summed E-state index contributed by atoms with van der Waals surface area (Å²) in [5, 5.41) is 8.89. The van der Waals surface area contributed by atoms with Crippen molar-refractivity contribution in [2.75, 3.05) is 27.3 Å². The third kappa shape index (κ3) is 11.2. The van der Waals surface area contributed by atoms with Crippen LogP contribution in [0.25, 0.3) is 0 Å². The van der Waals surface area contributed by atoms with Gasteiger partial charge in [-0.05, 0) is 33.4 Å². The minimum absolute atomic E-state index is 0.0280. The molecular weight excluding hydrogens is 274 g/mol. The molecule has 0 aromatic carbocycles. The van der Waals surface area contributed by atoms with E-state index in [1.165, 1.54) is 0 Å². The van der Waals surface area contributed by atoms with E-state index in [1.807, 2.05) is 6.92 Å². The van der Waals surface area contributed by atoms with E-state index in [-0.39, 0.29) is 25.0 Å². The summed E-state index contributed by atoms with van der Waals surface area (Å²) in [5.41, 5.74) is 0. The summed E-state index contributed by atoms with van der Waals surface area (Å²) < 4.78 is 10.3. The van der Waals surface area contributed by atoms with E-state index in [2.05, 4.69) is 0 Å². The molecule has 1 unspecified atom stereocenters. The van der Waals surface area contributed by atoms with Crippen molar-refractivity contribution in [1.82, 2.24) is 4.90 Å². The predicted molar refractivity (Wildman–Crippen MR) is 79.6 cm³/mol. The topological polar surface area (TPSA) is 76.1 Å². The lowest BCUT2D eigenvalue weighted by molar-refractivity contribution is -0.158. The summed E-state index contributed by atoms with van der Waals surface area (Å²) in [6.45, 7) is 2.49. The highest BCUT2D eigenvalue weighted by Crippen LogP contribution is 2.07. The van der Waals surface area contributed by atoms with Crippen molar-refractivity contribution in [2.24, 2.45) is 0 Å². The predicted octanol–water partition coefficient (Wildman–Crippen LogP) is 1.70. The van der Waals surface area contributed by atoms with Crippen LogP contribution in [0.15, 0.2) is 0 Å². The Labute approximate surface area is 127 Å². The maximum atomic E-state index is 11.6. The summed E-state index contributed by atoms with van der Waals surface area (Å²) >= 11 is 0. The maximum absolute atomic E-state index is 11.6. The normalized spacial score (nSPS) is 12.2. The quantitative estimate of drug-likeness (QED) is 0.336. The number of hydrogen-bond acceptors (Lipinski definition) is 6. The molecule has 1 N–H and O–H groups in total. The van der Waals surface area contributed by atoms with Gasteiger partial charge in [0.1, 0.15) is 0 Å². The van der Waals surface area contributed by atoms with Gasteiger partial charge in [-0.3, -0.25) is 14.5 Å². The van der Waals surface area contributed by atoms with Gasteiger partial charge in [0.05, 0.1) is 6.61 Å². The second-order valence-electron chi connectivity index (χ2n) is 5.20. The molecule has 0 aliphatic heterocycles. The standard InChI is InChI=1S/C15H29NO5/c1-4-5-12-20-14(18)8-6-7-9-15(19)21-13(10-11-17)16(2)3/h13,17H,4-12H2,1-3H3. The zero-order valence-corrected chi connectivity index (χ0v) is 13.5. The molecule has 0 aliphatic rings. The molecule has 0 saturated carbocycles. The van der Waals surface area contributed by atoms with Gasteiger partial charge in [0, 0.05) is 25.9 Å². The Hall–Kier alpha value is -1.14. The fourth-order valence-electron chi connectivity index (χ4n) is 1.68. The molecule has 0 radical (unpaired) electrons. The molecule has 0 fully saturated rings.